The number of piperidine rings is 1. The maximum atomic E-state index is 6.03. The lowest BCUT2D eigenvalue weighted by Crippen LogP contribution is -2.37. The molecule has 1 aromatic carbocycles. The van der Waals surface area contributed by atoms with Crippen LogP contribution in [0.4, 0.5) is 0 Å². The third-order valence-electron chi connectivity index (χ3n) is 3.46. The van der Waals surface area contributed by atoms with Crippen molar-refractivity contribution in [1.82, 2.24) is 10.3 Å². The van der Waals surface area contributed by atoms with E-state index in [1.807, 2.05) is 24.3 Å². The first-order valence-electron chi connectivity index (χ1n) is 6.67. The molecule has 1 unspecified atom stereocenters. The van der Waals surface area contributed by atoms with Crippen LogP contribution in [0.1, 0.15) is 12.8 Å². The largest absolute Gasteiger partial charge is 0.497 e. The Bertz CT molecular complexity index is 565. The Morgan fingerprint density at radius 1 is 1.32 bits per heavy atom. The maximum absolute atomic E-state index is 6.03. The van der Waals surface area contributed by atoms with E-state index < -0.39 is 0 Å². The SMILES string of the molecule is COc1ccc2c(OC3CCCNC3)nccc2c1. The van der Waals surface area contributed by atoms with Crippen LogP contribution < -0.4 is 14.8 Å². The number of pyridine rings is 1. The lowest BCUT2D eigenvalue weighted by molar-refractivity contribution is 0.163. The van der Waals surface area contributed by atoms with Gasteiger partial charge in [0, 0.05) is 18.1 Å². The topological polar surface area (TPSA) is 43.4 Å². The highest BCUT2D eigenvalue weighted by Crippen LogP contribution is 2.27. The minimum absolute atomic E-state index is 0.217. The van der Waals surface area contributed by atoms with Gasteiger partial charge in [-0.2, -0.15) is 0 Å². The van der Waals surface area contributed by atoms with Gasteiger partial charge < -0.3 is 14.8 Å². The molecular formula is C15H18N2O2. The Kier molecular flexibility index (Phi) is 3.51. The van der Waals surface area contributed by atoms with Gasteiger partial charge in [0.1, 0.15) is 11.9 Å². The monoisotopic (exact) mass is 258 g/mol. The van der Waals surface area contributed by atoms with Crippen LogP contribution in [0.25, 0.3) is 10.8 Å². The molecule has 4 nitrogen and oxygen atoms in total. The van der Waals surface area contributed by atoms with Crippen LogP contribution >= 0.6 is 0 Å². The fourth-order valence-corrected chi connectivity index (χ4v) is 2.43. The van der Waals surface area contributed by atoms with E-state index in [-0.39, 0.29) is 6.10 Å². The van der Waals surface area contributed by atoms with E-state index in [0.717, 1.165) is 42.5 Å². The van der Waals surface area contributed by atoms with E-state index >= 15 is 0 Å². The number of rotatable bonds is 3. The summed E-state index contributed by atoms with van der Waals surface area (Å²) >= 11 is 0. The fourth-order valence-electron chi connectivity index (χ4n) is 2.43. The molecule has 1 saturated heterocycles. The fraction of sp³-hybridized carbons (Fsp3) is 0.400. The quantitative estimate of drug-likeness (QED) is 0.918. The minimum Gasteiger partial charge on any atom is -0.497 e. The van der Waals surface area contributed by atoms with Crippen molar-refractivity contribution in [2.75, 3.05) is 20.2 Å². The average Bonchev–Trinajstić information content (AvgIpc) is 2.48. The molecule has 0 aliphatic carbocycles. The molecule has 0 radical (unpaired) electrons. The normalized spacial score (nSPS) is 19.3. The third-order valence-corrected chi connectivity index (χ3v) is 3.46. The zero-order valence-corrected chi connectivity index (χ0v) is 11.1. The van der Waals surface area contributed by atoms with Crippen molar-refractivity contribution < 1.29 is 9.47 Å². The molecule has 0 amide bonds. The number of hydrogen-bond acceptors (Lipinski definition) is 4. The van der Waals surface area contributed by atoms with Crippen molar-refractivity contribution in [1.29, 1.82) is 0 Å². The van der Waals surface area contributed by atoms with E-state index in [0.29, 0.717) is 5.88 Å². The number of benzene rings is 1. The van der Waals surface area contributed by atoms with Crippen molar-refractivity contribution in [3.05, 3.63) is 30.5 Å². The second-order valence-corrected chi connectivity index (χ2v) is 4.79. The summed E-state index contributed by atoms with van der Waals surface area (Å²) in [7, 11) is 1.67. The molecule has 1 aromatic heterocycles. The smallest absolute Gasteiger partial charge is 0.221 e. The summed E-state index contributed by atoms with van der Waals surface area (Å²) < 4.78 is 11.3. The lowest BCUT2D eigenvalue weighted by Gasteiger charge is -2.23. The van der Waals surface area contributed by atoms with Crippen LogP contribution in [0.3, 0.4) is 0 Å². The van der Waals surface area contributed by atoms with E-state index in [1.165, 1.54) is 0 Å². The van der Waals surface area contributed by atoms with Gasteiger partial charge in [0.25, 0.3) is 0 Å². The predicted molar refractivity (Wildman–Crippen MR) is 74.8 cm³/mol. The van der Waals surface area contributed by atoms with Gasteiger partial charge in [-0.1, -0.05) is 0 Å². The molecule has 0 spiro atoms. The molecule has 1 aliphatic heterocycles. The summed E-state index contributed by atoms with van der Waals surface area (Å²) in [5.41, 5.74) is 0. The summed E-state index contributed by atoms with van der Waals surface area (Å²) in [6.45, 7) is 1.98. The maximum Gasteiger partial charge on any atom is 0.221 e. The lowest BCUT2D eigenvalue weighted by atomic mass is 10.1. The summed E-state index contributed by atoms with van der Waals surface area (Å²) in [6, 6.07) is 7.93. The highest BCUT2D eigenvalue weighted by Gasteiger charge is 2.16. The molecule has 1 aliphatic rings. The summed E-state index contributed by atoms with van der Waals surface area (Å²) in [5.74, 6) is 1.57. The van der Waals surface area contributed by atoms with Gasteiger partial charge in [0.15, 0.2) is 0 Å². The van der Waals surface area contributed by atoms with Gasteiger partial charge >= 0.3 is 0 Å². The summed E-state index contributed by atoms with van der Waals surface area (Å²) in [5, 5.41) is 5.48. The van der Waals surface area contributed by atoms with Gasteiger partial charge in [0.05, 0.1) is 7.11 Å². The summed E-state index contributed by atoms with van der Waals surface area (Å²) in [6.07, 6.45) is 4.24. The minimum atomic E-state index is 0.217. The number of methoxy groups -OCH3 is 1. The van der Waals surface area contributed by atoms with Gasteiger partial charge in [-0.15, -0.1) is 0 Å². The van der Waals surface area contributed by atoms with Gasteiger partial charge in [-0.25, -0.2) is 4.98 Å². The van der Waals surface area contributed by atoms with Gasteiger partial charge in [0.2, 0.25) is 5.88 Å². The molecule has 100 valence electrons. The molecule has 0 saturated carbocycles. The molecule has 1 atom stereocenters. The number of aromatic nitrogens is 1. The summed E-state index contributed by atoms with van der Waals surface area (Å²) in [4.78, 5) is 4.37. The average molecular weight is 258 g/mol. The first kappa shape index (κ1) is 12.2. The second-order valence-electron chi connectivity index (χ2n) is 4.79. The van der Waals surface area contributed by atoms with Crippen LogP contribution in [0.15, 0.2) is 30.5 Å². The molecule has 2 aromatic rings. The third kappa shape index (κ3) is 2.63. The first-order valence-corrected chi connectivity index (χ1v) is 6.67. The molecular weight excluding hydrogens is 240 g/mol. The van der Waals surface area contributed by atoms with Crippen LogP contribution in [-0.2, 0) is 0 Å². The number of fused-ring (bicyclic) bond motifs is 1. The Morgan fingerprint density at radius 2 is 2.26 bits per heavy atom. The van der Waals surface area contributed by atoms with Crippen LogP contribution in [0, 0.1) is 0 Å². The number of nitrogens with one attached hydrogen (secondary N) is 1. The number of hydrogen-bond donors (Lipinski definition) is 1. The zero-order valence-electron chi connectivity index (χ0n) is 11.1. The molecule has 2 heterocycles. The number of nitrogens with zero attached hydrogens (tertiary/aromatic N) is 1. The van der Waals surface area contributed by atoms with Crippen molar-refractivity contribution >= 4 is 10.8 Å². The Balaban J connectivity index is 1.90. The van der Waals surface area contributed by atoms with Crippen LogP contribution in [0.2, 0.25) is 0 Å². The molecule has 1 N–H and O–H groups in total. The van der Waals surface area contributed by atoms with Crippen molar-refractivity contribution in [3.63, 3.8) is 0 Å². The predicted octanol–water partition coefficient (Wildman–Crippen LogP) is 2.37. The number of ether oxygens (including phenoxy) is 2. The molecule has 19 heavy (non-hydrogen) atoms. The Morgan fingerprint density at radius 3 is 3.05 bits per heavy atom. The van der Waals surface area contributed by atoms with E-state index in [9.17, 15) is 0 Å². The molecule has 0 bridgehead atoms. The van der Waals surface area contributed by atoms with Crippen LogP contribution in [-0.4, -0.2) is 31.3 Å². The molecule has 3 rings (SSSR count). The van der Waals surface area contributed by atoms with Crippen molar-refractivity contribution in [2.24, 2.45) is 0 Å². The molecule has 4 heteroatoms. The van der Waals surface area contributed by atoms with Crippen molar-refractivity contribution in [2.45, 2.75) is 18.9 Å². The zero-order chi connectivity index (χ0) is 13.1. The van der Waals surface area contributed by atoms with Gasteiger partial charge in [-0.3, -0.25) is 0 Å². The highest BCUT2D eigenvalue weighted by atomic mass is 16.5. The highest BCUT2D eigenvalue weighted by molar-refractivity contribution is 5.87. The van der Waals surface area contributed by atoms with E-state index in [1.54, 1.807) is 13.3 Å². The van der Waals surface area contributed by atoms with Crippen LogP contribution in [0.5, 0.6) is 11.6 Å². The molecule has 1 fully saturated rings. The standard InChI is InChI=1S/C15H18N2O2/c1-18-12-4-5-14-11(9-12)6-8-17-15(14)19-13-3-2-7-16-10-13/h4-6,8-9,13,16H,2-3,7,10H2,1H3. The van der Waals surface area contributed by atoms with E-state index in [2.05, 4.69) is 10.3 Å². The van der Waals surface area contributed by atoms with Gasteiger partial charge in [-0.05, 0) is 49.0 Å². The first-order chi connectivity index (χ1) is 9.36. The Labute approximate surface area is 112 Å². The van der Waals surface area contributed by atoms with Crippen molar-refractivity contribution in [3.8, 4) is 11.6 Å². The van der Waals surface area contributed by atoms with E-state index in [4.69, 9.17) is 9.47 Å². The Hall–Kier alpha value is -1.81. The second kappa shape index (κ2) is 5.45.